The fraction of sp³-hybridized carbons (Fsp3) is 0.667. The van der Waals surface area contributed by atoms with Crippen LogP contribution in [0.4, 0.5) is 0 Å². The summed E-state index contributed by atoms with van der Waals surface area (Å²) in [6.45, 7) is 3.40. The van der Waals surface area contributed by atoms with Gasteiger partial charge >= 0.3 is 0 Å². The van der Waals surface area contributed by atoms with Crippen molar-refractivity contribution in [1.29, 1.82) is 0 Å². The smallest absolute Gasteiger partial charge is 0.0960 e. The summed E-state index contributed by atoms with van der Waals surface area (Å²) < 4.78 is 2.09. The molecule has 1 aliphatic heterocycles. The summed E-state index contributed by atoms with van der Waals surface area (Å²) in [7, 11) is 2.05. The van der Waals surface area contributed by atoms with E-state index in [2.05, 4.69) is 21.8 Å². The Labute approximate surface area is 82.9 Å². The predicted molar refractivity (Wildman–Crippen MR) is 55.6 cm³/mol. The minimum absolute atomic E-state index is 0.427. The molecule has 2 unspecified atom stereocenters. The Morgan fingerprint density at radius 2 is 2.54 bits per heavy atom. The Hall–Kier alpha value is -0.480. The van der Waals surface area contributed by atoms with Crippen LogP contribution in [0.15, 0.2) is 12.5 Å². The van der Waals surface area contributed by atoms with Crippen LogP contribution < -0.4 is 5.32 Å². The molecule has 3 nitrogen and oxygen atoms in total. The first kappa shape index (κ1) is 9.09. The monoisotopic (exact) mass is 197 g/mol. The third-order valence-corrected chi connectivity index (χ3v) is 3.75. The second-order valence-electron chi connectivity index (χ2n) is 3.50. The van der Waals surface area contributed by atoms with E-state index in [0.717, 1.165) is 11.8 Å². The molecule has 1 aromatic rings. The maximum absolute atomic E-state index is 4.13. The molecule has 1 fully saturated rings. The number of aromatic nitrogens is 2. The predicted octanol–water partition coefficient (Wildman–Crippen LogP) is 1.53. The fourth-order valence-electron chi connectivity index (χ4n) is 1.56. The molecule has 2 atom stereocenters. The van der Waals surface area contributed by atoms with E-state index >= 15 is 0 Å². The first-order chi connectivity index (χ1) is 6.27. The van der Waals surface area contributed by atoms with Crippen molar-refractivity contribution in [1.82, 2.24) is 14.9 Å². The normalized spacial score (nSPS) is 29.1. The molecular formula is C9H15N3S. The molecule has 0 saturated carbocycles. The Morgan fingerprint density at radius 1 is 1.69 bits per heavy atom. The molecular weight excluding hydrogens is 182 g/mol. The van der Waals surface area contributed by atoms with Gasteiger partial charge in [0.1, 0.15) is 0 Å². The molecule has 0 aromatic carbocycles. The van der Waals surface area contributed by atoms with Gasteiger partial charge in [-0.25, -0.2) is 4.98 Å². The molecule has 13 heavy (non-hydrogen) atoms. The van der Waals surface area contributed by atoms with E-state index in [-0.39, 0.29) is 0 Å². The molecule has 0 aliphatic carbocycles. The summed E-state index contributed by atoms with van der Waals surface area (Å²) in [6, 6.07) is 0. The largest absolute Gasteiger partial charge is 0.336 e. The second-order valence-corrected chi connectivity index (χ2v) is 5.05. The number of nitrogens with one attached hydrogen (secondary N) is 1. The molecule has 1 N–H and O–H groups in total. The Morgan fingerprint density at radius 3 is 3.15 bits per heavy atom. The lowest BCUT2D eigenvalue weighted by atomic mass is 10.3. The van der Waals surface area contributed by atoms with Gasteiger partial charge in [0.25, 0.3) is 0 Å². The Kier molecular flexibility index (Phi) is 2.60. The first-order valence-electron chi connectivity index (χ1n) is 4.62. The maximum Gasteiger partial charge on any atom is 0.0960 e. The van der Waals surface area contributed by atoms with Gasteiger partial charge in [0.05, 0.1) is 23.6 Å². The number of hydrogen-bond acceptors (Lipinski definition) is 3. The van der Waals surface area contributed by atoms with E-state index in [1.54, 1.807) is 0 Å². The van der Waals surface area contributed by atoms with E-state index in [1.807, 2.05) is 31.3 Å². The lowest BCUT2D eigenvalue weighted by Crippen LogP contribution is -2.29. The minimum Gasteiger partial charge on any atom is -0.336 e. The number of nitrogens with zero attached hydrogens (tertiary/aromatic N) is 2. The van der Waals surface area contributed by atoms with Crippen LogP contribution in [0.3, 0.4) is 0 Å². The van der Waals surface area contributed by atoms with Gasteiger partial charge in [-0.15, -0.1) is 11.8 Å². The quantitative estimate of drug-likeness (QED) is 0.740. The van der Waals surface area contributed by atoms with Crippen LogP contribution in [0.1, 0.15) is 24.4 Å². The summed E-state index contributed by atoms with van der Waals surface area (Å²) in [5, 5.41) is 4.67. The van der Waals surface area contributed by atoms with Gasteiger partial charge in [0.15, 0.2) is 0 Å². The highest BCUT2D eigenvalue weighted by molar-refractivity contribution is 8.00. The number of imidazole rings is 1. The third-order valence-electron chi connectivity index (χ3n) is 2.37. The van der Waals surface area contributed by atoms with Crippen molar-refractivity contribution in [2.24, 2.45) is 7.05 Å². The highest BCUT2D eigenvalue weighted by Crippen LogP contribution is 2.33. The van der Waals surface area contributed by atoms with Gasteiger partial charge in [-0.1, -0.05) is 6.92 Å². The molecule has 1 aromatic heterocycles. The zero-order valence-electron chi connectivity index (χ0n) is 8.03. The number of rotatable bonds is 1. The van der Waals surface area contributed by atoms with Gasteiger partial charge < -0.3 is 9.88 Å². The highest BCUT2D eigenvalue weighted by atomic mass is 32.2. The van der Waals surface area contributed by atoms with E-state index in [0.29, 0.717) is 5.37 Å². The van der Waals surface area contributed by atoms with Crippen molar-refractivity contribution >= 4 is 11.8 Å². The van der Waals surface area contributed by atoms with Crippen LogP contribution in [0.2, 0.25) is 0 Å². The lowest BCUT2D eigenvalue weighted by molar-refractivity contribution is 0.584. The van der Waals surface area contributed by atoms with Gasteiger partial charge in [-0.05, 0) is 13.0 Å². The average Bonchev–Trinajstić information content (AvgIpc) is 2.51. The van der Waals surface area contributed by atoms with Gasteiger partial charge in [0.2, 0.25) is 0 Å². The van der Waals surface area contributed by atoms with Gasteiger partial charge in [-0.3, -0.25) is 0 Å². The van der Waals surface area contributed by atoms with Crippen molar-refractivity contribution in [2.75, 3.05) is 6.54 Å². The van der Waals surface area contributed by atoms with Crippen molar-refractivity contribution in [3.05, 3.63) is 18.2 Å². The van der Waals surface area contributed by atoms with Crippen molar-refractivity contribution < 1.29 is 0 Å². The molecule has 72 valence electrons. The van der Waals surface area contributed by atoms with Crippen molar-refractivity contribution in [3.8, 4) is 0 Å². The van der Waals surface area contributed by atoms with Crippen LogP contribution in [-0.2, 0) is 7.05 Å². The molecule has 0 spiro atoms. The highest BCUT2D eigenvalue weighted by Gasteiger charge is 2.21. The van der Waals surface area contributed by atoms with Gasteiger partial charge in [-0.2, -0.15) is 0 Å². The topological polar surface area (TPSA) is 29.9 Å². The SMILES string of the molecule is CC1CCNC(c2cncn2C)S1. The standard InChI is InChI=1S/C9H15N3S/c1-7-3-4-11-9(13-7)8-5-10-6-12(8)2/h5-7,9,11H,3-4H2,1-2H3. The molecule has 0 amide bonds. The summed E-state index contributed by atoms with van der Waals surface area (Å²) in [5.41, 5.74) is 1.27. The van der Waals surface area contributed by atoms with Crippen LogP contribution in [0, 0.1) is 0 Å². The van der Waals surface area contributed by atoms with Crippen LogP contribution in [0.25, 0.3) is 0 Å². The fourth-order valence-corrected chi connectivity index (χ4v) is 2.86. The Bertz CT molecular complexity index is 284. The van der Waals surface area contributed by atoms with Gasteiger partial charge in [0, 0.05) is 12.3 Å². The zero-order valence-corrected chi connectivity index (χ0v) is 8.84. The molecule has 2 rings (SSSR count). The molecule has 4 heteroatoms. The minimum atomic E-state index is 0.427. The summed E-state index contributed by atoms with van der Waals surface area (Å²) in [4.78, 5) is 4.13. The molecule has 1 aliphatic rings. The van der Waals surface area contributed by atoms with E-state index in [1.165, 1.54) is 12.1 Å². The number of hydrogen-bond donors (Lipinski definition) is 1. The molecule has 0 radical (unpaired) electrons. The zero-order chi connectivity index (χ0) is 9.26. The van der Waals surface area contributed by atoms with E-state index in [4.69, 9.17) is 0 Å². The number of aryl methyl sites for hydroxylation is 1. The van der Waals surface area contributed by atoms with E-state index < -0.39 is 0 Å². The number of thioether (sulfide) groups is 1. The van der Waals surface area contributed by atoms with Crippen LogP contribution >= 0.6 is 11.8 Å². The molecule has 1 saturated heterocycles. The van der Waals surface area contributed by atoms with Crippen molar-refractivity contribution in [2.45, 2.75) is 24.0 Å². The average molecular weight is 197 g/mol. The molecule has 2 heterocycles. The molecule has 0 bridgehead atoms. The Balaban J connectivity index is 2.12. The summed E-state index contributed by atoms with van der Waals surface area (Å²) in [5.74, 6) is 0. The second kappa shape index (κ2) is 3.72. The van der Waals surface area contributed by atoms with Crippen LogP contribution in [0.5, 0.6) is 0 Å². The third kappa shape index (κ3) is 1.89. The van der Waals surface area contributed by atoms with Crippen LogP contribution in [-0.4, -0.2) is 21.3 Å². The maximum atomic E-state index is 4.13. The first-order valence-corrected chi connectivity index (χ1v) is 5.56. The summed E-state index contributed by atoms with van der Waals surface area (Å²) in [6.07, 6.45) is 5.07. The van der Waals surface area contributed by atoms with Crippen molar-refractivity contribution in [3.63, 3.8) is 0 Å². The lowest BCUT2D eigenvalue weighted by Gasteiger charge is -2.27. The summed E-state index contributed by atoms with van der Waals surface area (Å²) >= 11 is 1.99. The van der Waals surface area contributed by atoms with E-state index in [9.17, 15) is 0 Å².